The fraction of sp³-hybridized carbons (Fsp3) is 0.829. The van der Waals surface area contributed by atoms with Gasteiger partial charge in [-0.05, 0) is 93.5 Å². The van der Waals surface area contributed by atoms with Crippen molar-refractivity contribution in [2.24, 2.45) is 17.8 Å². The van der Waals surface area contributed by atoms with E-state index in [1.54, 1.807) is 55.4 Å². The number of aliphatic hydroxyl groups excluding tert-OH is 2. The van der Waals surface area contributed by atoms with E-state index in [1.807, 2.05) is 25.9 Å². The Balaban J connectivity index is 0.00000841. The van der Waals surface area contributed by atoms with Crippen LogP contribution in [0.3, 0.4) is 0 Å². The number of alkyl carbamates (subject to hydrolysis) is 1. The fourth-order valence-corrected chi connectivity index (χ4v) is 8.57. The number of ketones is 1. The molecule has 1 unspecified atom stereocenters. The Bertz CT molecular complexity index is 1400. The van der Waals surface area contributed by atoms with Crippen molar-refractivity contribution in [2.45, 2.75) is 173 Å². The third kappa shape index (κ3) is 14.0. The molecule has 0 aromatic carbocycles. The van der Waals surface area contributed by atoms with E-state index in [4.69, 9.17) is 33.2 Å². The molecule has 0 aromatic rings. The number of hydrogen-bond acceptors (Lipinski definition) is 14. The first-order valence-corrected chi connectivity index (χ1v) is 19.9. The monoisotopic (exact) mass is 1250 g/mol. The van der Waals surface area contributed by atoms with Gasteiger partial charge in [0.15, 0.2) is 18.4 Å². The van der Waals surface area contributed by atoms with Crippen molar-refractivity contribution >= 4 is 17.8 Å². The number of ether oxygens (including phenoxy) is 7. The number of amides is 1. The van der Waals surface area contributed by atoms with Crippen molar-refractivity contribution in [3.63, 3.8) is 0 Å². The zero-order valence-corrected chi connectivity index (χ0v) is 46.4. The molecule has 328 valence electrons. The Morgan fingerprint density at radius 2 is 1.66 bits per heavy atom. The molecule has 3 rings (SSSR count). The van der Waals surface area contributed by atoms with E-state index < -0.39 is 95.8 Å². The molecule has 0 bridgehead atoms. The molecule has 15 nitrogen and oxygen atoms in total. The van der Waals surface area contributed by atoms with Crippen LogP contribution in [0, 0.1) is 106 Å². The average Bonchev–Trinajstić information content (AvgIpc) is 3.12. The quantitative estimate of drug-likeness (QED) is 0.183. The van der Waals surface area contributed by atoms with Crippen molar-refractivity contribution < 1.29 is 151 Å². The minimum atomic E-state index is -1.72. The summed E-state index contributed by atoms with van der Waals surface area (Å²) in [5.41, 5.74) is -4.22. The van der Waals surface area contributed by atoms with Gasteiger partial charge in [0.1, 0.15) is 35.6 Å². The Labute approximate surface area is 417 Å². The number of carbonyl (C=O) groups excluding carboxylic acids is 3. The molecule has 2 saturated heterocycles. The van der Waals surface area contributed by atoms with Crippen LogP contribution in [0.4, 0.5) is 4.79 Å². The number of rotatable bonds is 10. The number of cyclic esters (lactones) is 1. The number of nitrogens with zero attached hydrogens (tertiary/aromatic N) is 1. The van der Waals surface area contributed by atoms with Crippen LogP contribution in [-0.4, -0.2) is 144 Å². The van der Waals surface area contributed by atoms with Crippen molar-refractivity contribution in [1.29, 1.82) is 0 Å². The second kappa shape index (κ2) is 23.9. The molecule has 3 aliphatic heterocycles. The zero-order chi connectivity index (χ0) is 42.5. The summed E-state index contributed by atoms with van der Waals surface area (Å²) in [7, 11) is 5.18. The first-order valence-electron chi connectivity index (χ1n) is 19.9. The maximum atomic E-state index is 14.3. The molecule has 2 radical (unpaired) electrons. The minimum Gasteiger partial charge on any atom is -0.459 e. The fourth-order valence-electron chi connectivity index (χ4n) is 8.57. The summed E-state index contributed by atoms with van der Waals surface area (Å²) in [5.74, 6) is -3.79. The van der Waals surface area contributed by atoms with Crippen LogP contribution in [0.2, 0.25) is 0 Å². The van der Waals surface area contributed by atoms with Gasteiger partial charge in [0, 0.05) is 126 Å². The van der Waals surface area contributed by atoms with E-state index in [2.05, 4.69) is 11.9 Å². The molecule has 0 spiro atoms. The summed E-state index contributed by atoms with van der Waals surface area (Å²) in [6.45, 7) is 20.6. The van der Waals surface area contributed by atoms with Gasteiger partial charge in [0.2, 0.25) is 0 Å². The van der Waals surface area contributed by atoms with Gasteiger partial charge in [-0.25, -0.2) is 4.79 Å². The van der Waals surface area contributed by atoms with Gasteiger partial charge in [-0.1, -0.05) is 26.8 Å². The van der Waals surface area contributed by atoms with Crippen molar-refractivity contribution in [1.82, 2.24) is 10.2 Å². The van der Waals surface area contributed by atoms with Crippen LogP contribution in [0.1, 0.15) is 94.9 Å². The Morgan fingerprint density at radius 1 is 1.03 bits per heavy atom. The Morgan fingerprint density at radius 3 is 2.21 bits per heavy atom. The van der Waals surface area contributed by atoms with Gasteiger partial charge in [-0.15, -0.1) is 6.58 Å². The van der Waals surface area contributed by atoms with E-state index >= 15 is 0 Å². The standard InChI is InChI=1S/C41H70N2O13.2Ac/c1-15-17-42-38(48)56-41(11)20-23(4)31(44)22(3)19-39(9,49)29(16-2)53-36(47)26(7)33(54-30-21-40(10,50-14)34(46)27(8)52-30)25(6)35(41)55-37-32(45)28(43(12)13)18-24(5)51-37;;/h15,19,23-30,32-35,37,45-46,49H,1,16-18,20-21H2,2-14H3,(H,42,48);;/b22-19+;;/t23-,24-,25+,26-,27+,28+,29-,30+,32-,33+,34+,35-,37?,39+,40-,41-;;/m1../s1. The molecule has 58 heavy (non-hydrogen) atoms. The second-order valence-electron chi connectivity index (χ2n) is 17.0. The predicted molar refractivity (Wildman–Crippen MR) is 207 cm³/mol. The van der Waals surface area contributed by atoms with Crippen LogP contribution >= 0.6 is 0 Å². The molecule has 2 fully saturated rings. The van der Waals surface area contributed by atoms with Gasteiger partial charge >= 0.3 is 12.1 Å². The molecule has 0 aromatic heterocycles. The molecule has 0 saturated carbocycles. The van der Waals surface area contributed by atoms with Gasteiger partial charge < -0.3 is 58.7 Å². The van der Waals surface area contributed by atoms with Crippen molar-refractivity contribution in [3.8, 4) is 0 Å². The Hall–Kier alpha value is 0.413. The van der Waals surface area contributed by atoms with Crippen molar-refractivity contribution in [3.05, 3.63) is 24.3 Å². The molecule has 4 N–H and O–H groups in total. The van der Waals surface area contributed by atoms with Crippen LogP contribution in [0.15, 0.2) is 24.3 Å². The summed E-state index contributed by atoms with van der Waals surface area (Å²) in [4.78, 5) is 43.8. The smallest absolute Gasteiger partial charge is 0.408 e. The number of allylic oxidation sites excluding steroid dienone is 1. The van der Waals surface area contributed by atoms with Gasteiger partial charge in [-0.2, -0.15) is 0 Å². The van der Waals surface area contributed by atoms with E-state index in [0.717, 1.165) is 0 Å². The maximum Gasteiger partial charge on any atom is 0.408 e. The number of nitrogens with one attached hydrogen (secondary N) is 1. The maximum absolute atomic E-state index is 14.3. The summed E-state index contributed by atoms with van der Waals surface area (Å²) in [5, 5.41) is 37.0. The summed E-state index contributed by atoms with van der Waals surface area (Å²) in [6.07, 6.45) is -5.98. The molecule has 17 heteroatoms. The summed E-state index contributed by atoms with van der Waals surface area (Å²) < 4.78 is 44.1. The normalized spacial score (nSPS) is 42.7. The zero-order valence-electron chi connectivity index (χ0n) is 36.9. The number of esters is 1. The molecule has 16 atom stereocenters. The molecule has 3 aliphatic rings. The topological polar surface area (TPSA) is 192 Å². The van der Waals surface area contributed by atoms with E-state index in [1.165, 1.54) is 26.2 Å². The molecular formula is C41H70Ac2N2O13. The van der Waals surface area contributed by atoms with Crippen LogP contribution in [0.25, 0.3) is 0 Å². The SMILES string of the molecule is C=CCNC(=O)O[C@]1(C)C[C@@H](C)C(=O)/C(C)=C/[C@](C)(O)[C@@H](CC)OC(=O)[C@H](C)[C@@H](O[C@H]2C[C@@](C)(OC)[C@@H](O)[C@H](C)O2)[C@H](C)[C@H]1OC1O[C@H](C)C[C@H](N(C)C)[C@H]1O.[Ac].[Ac]. The number of aliphatic hydroxyl groups is 3. The number of Topliss-reactive ketones (excluding diaryl/α,β-unsaturated/α-hetero) is 1. The van der Waals surface area contributed by atoms with E-state index in [-0.39, 0.29) is 137 Å². The molecular weight excluding hydrogens is 1180 g/mol. The minimum absolute atomic E-state index is 0. The predicted octanol–water partition coefficient (Wildman–Crippen LogP) is 3.65. The first kappa shape index (κ1) is 56.4. The van der Waals surface area contributed by atoms with Gasteiger partial charge in [0.25, 0.3) is 0 Å². The summed E-state index contributed by atoms with van der Waals surface area (Å²) >= 11 is 0. The number of likely N-dealkylation sites (N-methyl/N-ethyl adjacent to an activating group) is 1. The van der Waals surface area contributed by atoms with Gasteiger partial charge in [0.05, 0.1) is 29.8 Å². The first-order chi connectivity index (χ1) is 25.9. The van der Waals surface area contributed by atoms with Crippen molar-refractivity contribution in [2.75, 3.05) is 27.7 Å². The molecule has 1 amide bonds. The van der Waals surface area contributed by atoms with Crippen LogP contribution in [0.5, 0.6) is 0 Å². The largest absolute Gasteiger partial charge is 0.459 e. The third-order valence-corrected chi connectivity index (χ3v) is 11.9. The molecule has 0 aliphatic carbocycles. The molecule has 3 heterocycles. The van der Waals surface area contributed by atoms with E-state index in [9.17, 15) is 29.7 Å². The van der Waals surface area contributed by atoms with E-state index in [0.29, 0.717) is 6.42 Å². The number of hydrogen-bond donors (Lipinski definition) is 4. The van der Waals surface area contributed by atoms with Crippen LogP contribution < -0.4 is 5.32 Å². The third-order valence-electron chi connectivity index (χ3n) is 11.9. The second-order valence-corrected chi connectivity index (χ2v) is 17.0. The Kier molecular flexibility index (Phi) is 23.3. The van der Waals surface area contributed by atoms with Gasteiger partial charge in [-0.3, -0.25) is 9.59 Å². The average molecular weight is 1250 g/mol. The summed E-state index contributed by atoms with van der Waals surface area (Å²) in [6, 6.07) is -0.357. The van der Waals surface area contributed by atoms with Crippen LogP contribution in [-0.2, 0) is 42.7 Å². The number of carbonyl (C=O) groups is 3. The number of methoxy groups -OCH3 is 1.